The molecular weight excluding hydrogens is 232 g/mol. The highest BCUT2D eigenvalue weighted by Crippen LogP contribution is 2.06. The van der Waals surface area contributed by atoms with Gasteiger partial charge >= 0.3 is 12.0 Å². The third kappa shape index (κ3) is 6.47. The van der Waals surface area contributed by atoms with Gasteiger partial charge in [0.15, 0.2) is 0 Å². The first-order chi connectivity index (χ1) is 8.40. The van der Waals surface area contributed by atoms with Crippen LogP contribution in [0, 0.1) is 0 Å². The zero-order valence-electron chi connectivity index (χ0n) is 12.0. The first-order valence-electron chi connectivity index (χ1n) is 6.63. The molecule has 0 aliphatic rings. The number of unbranched alkanes of at least 4 members (excludes halogenated alkanes) is 2. The van der Waals surface area contributed by atoms with Crippen molar-refractivity contribution < 1.29 is 14.7 Å². The van der Waals surface area contributed by atoms with Gasteiger partial charge in [-0.15, -0.1) is 0 Å². The van der Waals surface area contributed by atoms with Crippen molar-refractivity contribution in [2.24, 2.45) is 0 Å². The van der Waals surface area contributed by atoms with Crippen LogP contribution in [0.2, 0.25) is 0 Å². The van der Waals surface area contributed by atoms with E-state index in [1.165, 1.54) is 0 Å². The fourth-order valence-corrected chi connectivity index (χ4v) is 1.70. The molecule has 106 valence electrons. The van der Waals surface area contributed by atoms with Crippen LogP contribution in [0.4, 0.5) is 4.79 Å². The van der Waals surface area contributed by atoms with Crippen molar-refractivity contribution in [1.82, 2.24) is 9.80 Å². The normalized spacial score (nSPS) is 10.5. The number of carboxylic acids is 1. The highest BCUT2D eigenvalue weighted by Gasteiger charge is 2.20. The molecule has 0 aromatic carbocycles. The van der Waals surface area contributed by atoms with Gasteiger partial charge in [-0.2, -0.15) is 0 Å². The quantitative estimate of drug-likeness (QED) is 0.680. The van der Waals surface area contributed by atoms with Gasteiger partial charge in [0.2, 0.25) is 0 Å². The number of amides is 2. The Hall–Kier alpha value is -1.26. The molecular formula is C13H26N2O3. The first kappa shape index (κ1) is 16.7. The van der Waals surface area contributed by atoms with Crippen molar-refractivity contribution in [3.05, 3.63) is 0 Å². The number of hydrogen-bond acceptors (Lipinski definition) is 2. The van der Waals surface area contributed by atoms with Crippen LogP contribution in [0.25, 0.3) is 0 Å². The third-order valence-electron chi connectivity index (χ3n) is 2.86. The van der Waals surface area contributed by atoms with E-state index >= 15 is 0 Å². The minimum Gasteiger partial charge on any atom is -0.481 e. The van der Waals surface area contributed by atoms with Crippen molar-refractivity contribution in [1.29, 1.82) is 0 Å². The van der Waals surface area contributed by atoms with E-state index in [0.29, 0.717) is 0 Å². The third-order valence-corrected chi connectivity index (χ3v) is 2.86. The lowest BCUT2D eigenvalue weighted by Crippen LogP contribution is -2.46. The van der Waals surface area contributed by atoms with E-state index in [1.54, 1.807) is 16.8 Å². The molecule has 0 radical (unpaired) electrons. The Morgan fingerprint density at radius 2 is 1.78 bits per heavy atom. The summed E-state index contributed by atoms with van der Waals surface area (Å²) in [5.41, 5.74) is 0. The standard InChI is InChI=1S/C13H26N2O3/c1-5-6-7-9-14(4)13(18)15(11(2)3)10-8-12(16)17/h11H,5-10H2,1-4H3,(H,16,17). The molecule has 2 amide bonds. The second-order valence-electron chi connectivity index (χ2n) is 4.84. The van der Waals surface area contributed by atoms with Crippen molar-refractivity contribution in [3.63, 3.8) is 0 Å². The molecule has 0 fully saturated rings. The first-order valence-corrected chi connectivity index (χ1v) is 6.63. The van der Waals surface area contributed by atoms with Gasteiger partial charge in [0.05, 0.1) is 6.42 Å². The van der Waals surface area contributed by atoms with E-state index in [0.717, 1.165) is 25.8 Å². The number of carbonyl (C=O) groups is 2. The van der Waals surface area contributed by atoms with E-state index in [4.69, 9.17) is 5.11 Å². The smallest absolute Gasteiger partial charge is 0.319 e. The van der Waals surface area contributed by atoms with Crippen molar-refractivity contribution in [2.75, 3.05) is 20.1 Å². The summed E-state index contributed by atoms with van der Waals surface area (Å²) in [5, 5.41) is 8.69. The Morgan fingerprint density at radius 3 is 2.22 bits per heavy atom. The monoisotopic (exact) mass is 258 g/mol. The number of hydrogen-bond donors (Lipinski definition) is 1. The Kier molecular flexibility index (Phi) is 8.16. The Morgan fingerprint density at radius 1 is 1.17 bits per heavy atom. The van der Waals surface area contributed by atoms with Crippen LogP contribution in [0.15, 0.2) is 0 Å². The van der Waals surface area contributed by atoms with Crippen molar-refractivity contribution >= 4 is 12.0 Å². The average molecular weight is 258 g/mol. The fraction of sp³-hybridized carbons (Fsp3) is 0.846. The van der Waals surface area contributed by atoms with E-state index in [-0.39, 0.29) is 25.0 Å². The predicted octanol–water partition coefficient (Wildman–Crippen LogP) is 2.41. The number of nitrogens with zero attached hydrogens (tertiary/aromatic N) is 2. The molecule has 0 saturated carbocycles. The number of urea groups is 1. The lowest BCUT2D eigenvalue weighted by molar-refractivity contribution is -0.137. The summed E-state index contributed by atoms with van der Waals surface area (Å²) >= 11 is 0. The van der Waals surface area contributed by atoms with Gasteiger partial charge in [-0.3, -0.25) is 4.79 Å². The summed E-state index contributed by atoms with van der Waals surface area (Å²) in [4.78, 5) is 26.0. The van der Waals surface area contributed by atoms with Gasteiger partial charge in [-0.25, -0.2) is 4.79 Å². The van der Waals surface area contributed by atoms with Crippen molar-refractivity contribution in [3.8, 4) is 0 Å². The Bertz CT molecular complexity index is 267. The van der Waals surface area contributed by atoms with E-state index in [2.05, 4.69) is 6.92 Å². The number of carbonyl (C=O) groups excluding carboxylic acids is 1. The van der Waals surface area contributed by atoms with Gasteiger partial charge in [-0.05, 0) is 20.3 Å². The largest absolute Gasteiger partial charge is 0.481 e. The molecule has 0 heterocycles. The molecule has 0 aromatic heterocycles. The maximum atomic E-state index is 12.2. The molecule has 0 aromatic rings. The molecule has 0 atom stereocenters. The van der Waals surface area contributed by atoms with Gasteiger partial charge in [0.1, 0.15) is 0 Å². The van der Waals surface area contributed by atoms with Crippen LogP contribution in [0.3, 0.4) is 0 Å². The molecule has 0 rings (SSSR count). The topological polar surface area (TPSA) is 60.9 Å². The summed E-state index contributed by atoms with van der Waals surface area (Å²) in [5.74, 6) is -0.873. The van der Waals surface area contributed by atoms with Gasteiger partial charge in [-0.1, -0.05) is 19.8 Å². The predicted molar refractivity (Wildman–Crippen MR) is 71.6 cm³/mol. The average Bonchev–Trinajstić information content (AvgIpc) is 2.28. The van der Waals surface area contributed by atoms with Gasteiger partial charge < -0.3 is 14.9 Å². The summed E-state index contributed by atoms with van der Waals surface area (Å²) in [6, 6.07) is -0.0622. The maximum absolute atomic E-state index is 12.2. The zero-order chi connectivity index (χ0) is 14.1. The van der Waals surface area contributed by atoms with Crippen LogP contribution < -0.4 is 0 Å². The lowest BCUT2D eigenvalue weighted by Gasteiger charge is -2.31. The van der Waals surface area contributed by atoms with Gasteiger partial charge in [0.25, 0.3) is 0 Å². The summed E-state index contributed by atoms with van der Waals surface area (Å²) < 4.78 is 0. The lowest BCUT2D eigenvalue weighted by atomic mass is 10.2. The molecule has 0 aliphatic heterocycles. The van der Waals surface area contributed by atoms with Crippen LogP contribution in [0.5, 0.6) is 0 Å². The number of aliphatic carboxylic acids is 1. The highest BCUT2D eigenvalue weighted by atomic mass is 16.4. The van der Waals surface area contributed by atoms with E-state index in [9.17, 15) is 9.59 Å². The molecule has 0 bridgehead atoms. The van der Waals surface area contributed by atoms with Crippen LogP contribution in [0.1, 0.15) is 46.5 Å². The van der Waals surface area contributed by atoms with Crippen molar-refractivity contribution in [2.45, 2.75) is 52.5 Å². The van der Waals surface area contributed by atoms with Crippen LogP contribution in [-0.4, -0.2) is 53.1 Å². The van der Waals surface area contributed by atoms with Crippen LogP contribution >= 0.6 is 0 Å². The van der Waals surface area contributed by atoms with E-state index < -0.39 is 5.97 Å². The zero-order valence-corrected chi connectivity index (χ0v) is 12.0. The highest BCUT2D eigenvalue weighted by molar-refractivity contribution is 5.75. The molecule has 5 heteroatoms. The minimum atomic E-state index is -0.873. The Balaban J connectivity index is 4.31. The molecule has 18 heavy (non-hydrogen) atoms. The molecule has 1 N–H and O–H groups in total. The molecule has 0 saturated heterocycles. The van der Waals surface area contributed by atoms with Crippen LogP contribution in [-0.2, 0) is 4.79 Å². The summed E-state index contributed by atoms with van der Waals surface area (Å²) in [6.45, 7) is 6.92. The molecule has 0 unspecified atom stereocenters. The maximum Gasteiger partial charge on any atom is 0.319 e. The second-order valence-corrected chi connectivity index (χ2v) is 4.84. The summed E-state index contributed by atoms with van der Waals surface area (Å²) in [7, 11) is 1.77. The fourth-order valence-electron chi connectivity index (χ4n) is 1.70. The molecule has 0 aliphatic carbocycles. The molecule has 0 spiro atoms. The Labute approximate surface area is 110 Å². The summed E-state index contributed by atoms with van der Waals surface area (Å²) in [6.07, 6.45) is 3.21. The van der Waals surface area contributed by atoms with E-state index in [1.807, 2.05) is 13.8 Å². The SMILES string of the molecule is CCCCCN(C)C(=O)N(CCC(=O)O)C(C)C. The van der Waals surface area contributed by atoms with Gasteiger partial charge in [0, 0.05) is 26.2 Å². The minimum absolute atomic E-state index is 0.00722. The number of carboxylic acid groups (broad SMARTS) is 1. The molecule has 5 nitrogen and oxygen atoms in total. The number of rotatable bonds is 8. The second kappa shape index (κ2) is 8.78.